The fraction of sp³-hybridized carbons (Fsp3) is 0. The fourth-order valence-corrected chi connectivity index (χ4v) is 6.72. The van der Waals surface area contributed by atoms with Crippen molar-refractivity contribution in [1.29, 1.82) is 5.26 Å². The molecule has 0 saturated heterocycles. The van der Waals surface area contributed by atoms with Crippen molar-refractivity contribution in [3.8, 4) is 40.5 Å². The van der Waals surface area contributed by atoms with Crippen LogP contribution in [0.15, 0.2) is 132 Å². The molecule has 10 aromatic rings. The molecule has 12 nitrogen and oxygen atoms in total. The largest absolute Gasteiger partial charge is 0.505 e. The van der Waals surface area contributed by atoms with Crippen LogP contribution in [0.25, 0.3) is 83.1 Å². The highest BCUT2D eigenvalue weighted by Gasteiger charge is 2.21. The lowest BCUT2D eigenvalue weighted by molar-refractivity contribution is 0.478. The van der Waals surface area contributed by atoms with Crippen LogP contribution in [0.2, 0.25) is 0 Å². The Labute approximate surface area is 293 Å². The number of aromatic nitrogens is 8. The number of phenolic OH excluding ortho intramolecular Hbond substituents is 1. The van der Waals surface area contributed by atoms with Gasteiger partial charge in [0.2, 0.25) is 0 Å². The second kappa shape index (κ2) is 11.4. The van der Waals surface area contributed by atoms with E-state index in [0.717, 1.165) is 54.6 Å². The number of nitriles is 1. The van der Waals surface area contributed by atoms with Crippen LogP contribution in [0.1, 0.15) is 5.56 Å². The topological polar surface area (TPSA) is 170 Å². The van der Waals surface area contributed by atoms with Crippen molar-refractivity contribution in [2.24, 2.45) is 10.2 Å². The number of aromatic hydroxyl groups is 1. The van der Waals surface area contributed by atoms with E-state index in [4.69, 9.17) is 9.97 Å². The predicted molar refractivity (Wildman–Crippen MR) is 199 cm³/mol. The molecule has 3 N–H and O–H groups in total. The zero-order valence-corrected chi connectivity index (χ0v) is 27.0. The van der Waals surface area contributed by atoms with Crippen LogP contribution >= 0.6 is 0 Å². The summed E-state index contributed by atoms with van der Waals surface area (Å²) in [6.07, 6.45) is 4.51. The van der Waals surface area contributed by atoms with Gasteiger partial charge in [0.05, 0.1) is 33.8 Å². The Bertz CT molecular complexity index is 3110. The highest BCUT2D eigenvalue weighted by molar-refractivity contribution is 6.07. The molecule has 0 fully saturated rings. The van der Waals surface area contributed by atoms with Crippen molar-refractivity contribution in [3.63, 3.8) is 0 Å². The van der Waals surface area contributed by atoms with Gasteiger partial charge in [-0.15, -0.1) is 10.2 Å². The normalized spacial score (nSPS) is 11.8. The first kappa shape index (κ1) is 29.2. The number of fused-ring (bicyclic) bond motifs is 7. The molecule has 52 heavy (non-hydrogen) atoms. The van der Waals surface area contributed by atoms with Gasteiger partial charge in [-0.25, -0.2) is 19.9 Å². The lowest BCUT2D eigenvalue weighted by Gasteiger charge is -2.10. The average molecular weight is 674 g/mol. The van der Waals surface area contributed by atoms with Gasteiger partial charge in [0.15, 0.2) is 11.6 Å². The minimum Gasteiger partial charge on any atom is -0.505 e. The summed E-state index contributed by atoms with van der Waals surface area (Å²) in [5.41, 5.74) is 5.04. The number of benzene rings is 6. The number of azo groups is 1. The van der Waals surface area contributed by atoms with E-state index in [2.05, 4.69) is 59.5 Å². The van der Waals surface area contributed by atoms with Crippen LogP contribution in [-0.2, 0) is 0 Å². The van der Waals surface area contributed by atoms with Crippen LogP contribution in [0, 0.1) is 11.3 Å². The molecule has 0 bridgehead atoms. The van der Waals surface area contributed by atoms with Gasteiger partial charge in [0, 0.05) is 34.1 Å². The molecule has 0 amide bonds. The van der Waals surface area contributed by atoms with E-state index in [1.54, 1.807) is 18.5 Å². The van der Waals surface area contributed by atoms with Gasteiger partial charge in [0.25, 0.3) is 5.95 Å². The molecule has 244 valence electrons. The highest BCUT2D eigenvalue weighted by atomic mass is 16.3. The summed E-state index contributed by atoms with van der Waals surface area (Å²) in [7, 11) is 0. The monoisotopic (exact) mass is 673 g/mol. The van der Waals surface area contributed by atoms with Crippen molar-refractivity contribution < 1.29 is 5.11 Å². The van der Waals surface area contributed by atoms with Crippen molar-refractivity contribution in [3.05, 3.63) is 127 Å². The Morgan fingerprint density at radius 3 is 2.06 bits per heavy atom. The van der Waals surface area contributed by atoms with Crippen molar-refractivity contribution >= 4 is 65.9 Å². The molecule has 4 heterocycles. The van der Waals surface area contributed by atoms with Gasteiger partial charge < -0.3 is 15.1 Å². The molecule has 10 rings (SSSR count). The van der Waals surface area contributed by atoms with E-state index in [1.807, 2.05) is 78.9 Å². The second-order valence-electron chi connectivity index (χ2n) is 12.2. The molecule has 0 aliphatic heterocycles. The number of hydrogen-bond acceptors (Lipinski definition) is 9. The maximum Gasteiger partial charge on any atom is 0.252 e. The maximum absolute atomic E-state index is 12.0. The molecular formula is C40H23N11O. The summed E-state index contributed by atoms with van der Waals surface area (Å²) in [6, 6.07) is 35.8. The van der Waals surface area contributed by atoms with Crippen LogP contribution in [0.5, 0.6) is 5.75 Å². The SMILES string of the molecule is N#Cc1cnn(-c2ncccn2)c1/N=N/c1c(O)c(-c2nc3c(ccc4ccccc43)[nH]2)cc2cc(-c3nc4c(ccc5ccccc54)[nH]3)ccc12. The zero-order chi connectivity index (χ0) is 34.8. The Kier molecular flexibility index (Phi) is 6.39. The molecule has 0 atom stereocenters. The molecule has 4 aromatic heterocycles. The molecular weight excluding hydrogens is 651 g/mol. The number of rotatable bonds is 5. The molecule has 0 saturated carbocycles. The third-order valence-electron chi connectivity index (χ3n) is 9.22. The van der Waals surface area contributed by atoms with E-state index in [1.165, 1.54) is 10.9 Å². The first-order chi connectivity index (χ1) is 25.6. The number of H-pyrrole nitrogens is 2. The minimum atomic E-state index is -0.136. The summed E-state index contributed by atoms with van der Waals surface area (Å²) >= 11 is 0. The van der Waals surface area contributed by atoms with Crippen molar-refractivity contribution in [2.75, 3.05) is 0 Å². The minimum absolute atomic E-state index is 0.119. The van der Waals surface area contributed by atoms with Gasteiger partial charge in [-0.3, -0.25) is 0 Å². The fourth-order valence-electron chi connectivity index (χ4n) is 6.72. The standard InChI is InChI=1S/C40H23N11O/c41-20-26-21-44-51(40-42-16-5-17-43-40)39(26)50-49-35-29-13-10-24(37-45-31-14-11-22-6-1-3-8-27(22)33(31)47-37)18-25(29)19-30(36(35)52)38-46-32-15-12-23-7-2-4-9-28(23)34(32)48-38/h1-19,21,52H,(H,45,47)(H,46,48)/b50-49+. The first-order valence-electron chi connectivity index (χ1n) is 16.4. The molecule has 12 heteroatoms. The van der Waals surface area contributed by atoms with Crippen LogP contribution in [-0.4, -0.2) is 44.8 Å². The predicted octanol–water partition coefficient (Wildman–Crippen LogP) is 9.20. The Morgan fingerprint density at radius 1 is 0.673 bits per heavy atom. The summed E-state index contributed by atoms with van der Waals surface area (Å²) in [6.45, 7) is 0. The van der Waals surface area contributed by atoms with Crippen molar-refractivity contribution in [1.82, 2.24) is 39.7 Å². The number of nitrogens with zero attached hydrogens (tertiary/aromatic N) is 9. The zero-order valence-electron chi connectivity index (χ0n) is 27.0. The van der Waals surface area contributed by atoms with Gasteiger partial charge in [-0.05, 0) is 46.5 Å². The van der Waals surface area contributed by atoms with Gasteiger partial charge in [-0.1, -0.05) is 72.8 Å². The lowest BCUT2D eigenvalue weighted by Crippen LogP contribution is -2.01. The number of phenols is 1. The molecule has 0 aliphatic carbocycles. The van der Waals surface area contributed by atoms with E-state index in [0.29, 0.717) is 22.6 Å². The third-order valence-corrected chi connectivity index (χ3v) is 9.22. The summed E-state index contributed by atoms with van der Waals surface area (Å²) < 4.78 is 1.33. The second-order valence-corrected chi connectivity index (χ2v) is 12.2. The summed E-state index contributed by atoms with van der Waals surface area (Å²) in [5, 5.41) is 40.7. The third kappa shape index (κ3) is 4.57. The van der Waals surface area contributed by atoms with E-state index in [9.17, 15) is 10.4 Å². The number of nitrogens with one attached hydrogen (secondary N) is 2. The molecule has 0 unspecified atom stereocenters. The molecule has 0 radical (unpaired) electrons. The summed E-state index contributed by atoms with van der Waals surface area (Å²) in [4.78, 5) is 25.4. The Balaban J connectivity index is 1.18. The molecule has 0 aliphatic rings. The van der Waals surface area contributed by atoms with Gasteiger partial charge >= 0.3 is 0 Å². The lowest BCUT2D eigenvalue weighted by atomic mass is 10.0. The number of aromatic amines is 2. The summed E-state index contributed by atoms with van der Waals surface area (Å²) in [5.74, 6) is 1.37. The van der Waals surface area contributed by atoms with Crippen molar-refractivity contribution in [2.45, 2.75) is 0 Å². The van der Waals surface area contributed by atoms with Gasteiger partial charge in [0.1, 0.15) is 29.0 Å². The smallest absolute Gasteiger partial charge is 0.252 e. The van der Waals surface area contributed by atoms with Gasteiger partial charge in [-0.2, -0.15) is 15.0 Å². The maximum atomic E-state index is 12.0. The Hall–Kier alpha value is -7.78. The number of hydrogen-bond donors (Lipinski definition) is 3. The van der Waals surface area contributed by atoms with E-state index >= 15 is 0 Å². The van der Waals surface area contributed by atoms with E-state index < -0.39 is 0 Å². The molecule has 0 spiro atoms. The van der Waals surface area contributed by atoms with Crippen LogP contribution < -0.4 is 0 Å². The van der Waals surface area contributed by atoms with E-state index in [-0.39, 0.29) is 28.8 Å². The molecule has 6 aromatic carbocycles. The highest BCUT2D eigenvalue weighted by Crippen LogP contribution is 2.45. The van der Waals surface area contributed by atoms with Crippen LogP contribution in [0.4, 0.5) is 11.5 Å². The first-order valence-corrected chi connectivity index (χ1v) is 16.4. The Morgan fingerprint density at radius 2 is 1.35 bits per heavy atom. The quantitative estimate of drug-likeness (QED) is 0.153. The average Bonchev–Trinajstić information content (AvgIpc) is 3.95. The number of imidazole rings is 2. The van der Waals surface area contributed by atoms with Crippen LogP contribution in [0.3, 0.4) is 0 Å².